The molecule has 1 saturated heterocycles. The Balaban J connectivity index is 1.42. The third kappa shape index (κ3) is 4.23. The van der Waals surface area contributed by atoms with E-state index in [0.717, 1.165) is 21.3 Å². The number of benzene rings is 2. The molecule has 0 aliphatic carbocycles. The molecule has 0 unspecified atom stereocenters. The molecule has 3 aromatic rings. The number of amides is 1. The fourth-order valence-electron chi connectivity index (χ4n) is 3.77. The molecule has 0 bridgehead atoms. The van der Waals surface area contributed by atoms with Crippen LogP contribution in [0.3, 0.4) is 0 Å². The maximum Gasteiger partial charge on any atom is 0.243 e. The quantitative estimate of drug-likeness (QED) is 0.612. The molecule has 1 fully saturated rings. The van der Waals surface area contributed by atoms with Crippen LogP contribution in [0.2, 0.25) is 5.02 Å². The lowest BCUT2D eigenvalue weighted by Gasteiger charge is -2.30. The molecule has 30 heavy (non-hydrogen) atoms. The summed E-state index contributed by atoms with van der Waals surface area (Å²) in [5.41, 5.74) is 3.15. The Morgan fingerprint density at radius 1 is 1.20 bits per heavy atom. The van der Waals surface area contributed by atoms with Gasteiger partial charge in [-0.05, 0) is 62.1 Å². The van der Waals surface area contributed by atoms with Gasteiger partial charge in [0.15, 0.2) is 5.13 Å². The highest BCUT2D eigenvalue weighted by Gasteiger charge is 2.32. The van der Waals surface area contributed by atoms with E-state index in [1.54, 1.807) is 12.1 Å². The Hall–Kier alpha value is -2.00. The van der Waals surface area contributed by atoms with Crippen LogP contribution in [0.5, 0.6) is 0 Å². The molecule has 1 N–H and O–H groups in total. The number of rotatable bonds is 4. The molecule has 1 aliphatic rings. The number of anilines is 1. The van der Waals surface area contributed by atoms with E-state index in [4.69, 9.17) is 11.6 Å². The molecule has 0 spiro atoms. The third-order valence-electron chi connectivity index (χ3n) is 5.32. The predicted molar refractivity (Wildman–Crippen MR) is 121 cm³/mol. The van der Waals surface area contributed by atoms with Gasteiger partial charge in [-0.25, -0.2) is 13.4 Å². The fraction of sp³-hybridized carbons (Fsp3) is 0.333. The average molecular weight is 464 g/mol. The van der Waals surface area contributed by atoms with Gasteiger partial charge in [0.05, 0.1) is 15.1 Å². The number of nitrogens with zero attached hydrogens (tertiary/aromatic N) is 2. The van der Waals surface area contributed by atoms with Crippen LogP contribution in [-0.2, 0) is 14.8 Å². The van der Waals surface area contributed by atoms with Gasteiger partial charge in [0.2, 0.25) is 15.9 Å². The first kappa shape index (κ1) is 21.2. The summed E-state index contributed by atoms with van der Waals surface area (Å²) in [4.78, 5) is 17.5. The van der Waals surface area contributed by atoms with Gasteiger partial charge in [-0.2, -0.15) is 4.31 Å². The highest BCUT2D eigenvalue weighted by atomic mass is 35.5. The number of halogens is 1. The SMILES string of the molecule is Cc1cc(C)c2nc(NC(=O)C3CCN(S(=O)(=O)c4cccc(Cl)c4)CC3)sc2c1. The summed E-state index contributed by atoms with van der Waals surface area (Å²) in [6, 6.07) is 10.4. The maximum absolute atomic E-state index is 12.8. The van der Waals surface area contributed by atoms with Gasteiger partial charge in [0, 0.05) is 24.0 Å². The van der Waals surface area contributed by atoms with Crippen molar-refractivity contribution >= 4 is 54.2 Å². The minimum atomic E-state index is -3.61. The second-order valence-corrected chi connectivity index (χ2v) is 11.0. The first-order chi connectivity index (χ1) is 14.2. The number of carbonyl (C=O) groups is 1. The van der Waals surface area contributed by atoms with Gasteiger partial charge in [0.25, 0.3) is 0 Å². The molecule has 1 aromatic heterocycles. The highest BCUT2D eigenvalue weighted by molar-refractivity contribution is 7.89. The number of aryl methyl sites for hydroxylation is 2. The van der Waals surface area contributed by atoms with Crippen LogP contribution in [0.1, 0.15) is 24.0 Å². The van der Waals surface area contributed by atoms with Crippen molar-refractivity contribution in [1.82, 2.24) is 9.29 Å². The van der Waals surface area contributed by atoms with Crippen molar-refractivity contribution in [3.05, 3.63) is 52.5 Å². The first-order valence-corrected chi connectivity index (χ1v) is 12.3. The smallest absolute Gasteiger partial charge is 0.243 e. The molecular formula is C21H22ClN3O3S2. The van der Waals surface area contributed by atoms with Crippen molar-refractivity contribution in [3.8, 4) is 0 Å². The van der Waals surface area contributed by atoms with E-state index in [-0.39, 0.29) is 16.7 Å². The number of piperidine rings is 1. The zero-order chi connectivity index (χ0) is 21.5. The molecular weight excluding hydrogens is 442 g/mol. The average Bonchev–Trinajstić information content (AvgIpc) is 3.10. The summed E-state index contributed by atoms with van der Waals surface area (Å²) in [6.45, 7) is 4.64. The van der Waals surface area contributed by atoms with Crippen LogP contribution in [0.15, 0.2) is 41.3 Å². The minimum absolute atomic E-state index is 0.108. The Labute approximate surface area is 184 Å². The lowest BCUT2D eigenvalue weighted by molar-refractivity contribution is -0.120. The van der Waals surface area contributed by atoms with Crippen molar-refractivity contribution in [2.45, 2.75) is 31.6 Å². The fourth-order valence-corrected chi connectivity index (χ4v) is 6.58. The van der Waals surface area contributed by atoms with Crippen molar-refractivity contribution < 1.29 is 13.2 Å². The van der Waals surface area contributed by atoms with Gasteiger partial charge in [-0.1, -0.05) is 35.1 Å². The highest BCUT2D eigenvalue weighted by Crippen LogP contribution is 2.31. The molecule has 4 rings (SSSR count). The molecule has 0 atom stereocenters. The number of nitrogens with one attached hydrogen (secondary N) is 1. The number of hydrogen-bond acceptors (Lipinski definition) is 5. The molecule has 1 aliphatic heterocycles. The van der Waals surface area contributed by atoms with Crippen molar-refractivity contribution in [2.75, 3.05) is 18.4 Å². The molecule has 9 heteroatoms. The standard InChI is InChI=1S/C21H22ClN3O3S2/c1-13-10-14(2)19-18(11-13)29-21(23-19)24-20(26)15-6-8-25(9-7-15)30(27,28)17-5-3-4-16(22)12-17/h3-5,10-12,15H,6-9H2,1-2H3,(H,23,24,26). The number of sulfonamides is 1. The van der Waals surface area contributed by atoms with E-state index >= 15 is 0 Å². The van der Waals surface area contributed by atoms with Crippen LogP contribution in [-0.4, -0.2) is 36.7 Å². The Bertz CT molecular complexity index is 1220. The third-order valence-corrected chi connectivity index (χ3v) is 8.37. The predicted octanol–water partition coefficient (Wildman–Crippen LogP) is 4.61. The number of carbonyl (C=O) groups excluding carboxylic acids is 1. The lowest BCUT2D eigenvalue weighted by Crippen LogP contribution is -2.41. The van der Waals surface area contributed by atoms with Gasteiger partial charge in [0.1, 0.15) is 0 Å². The second kappa shape index (κ2) is 8.26. The number of aromatic nitrogens is 1. The van der Waals surface area contributed by atoms with E-state index in [0.29, 0.717) is 36.1 Å². The van der Waals surface area contributed by atoms with Crippen molar-refractivity contribution in [2.24, 2.45) is 5.92 Å². The minimum Gasteiger partial charge on any atom is -0.302 e. The first-order valence-electron chi connectivity index (χ1n) is 9.68. The zero-order valence-electron chi connectivity index (χ0n) is 16.7. The summed E-state index contributed by atoms with van der Waals surface area (Å²) in [5, 5.41) is 3.89. The summed E-state index contributed by atoms with van der Waals surface area (Å²) in [6.07, 6.45) is 0.934. The van der Waals surface area contributed by atoms with Crippen LogP contribution in [0, 0.1) is 19.8 Å². The van der Waals surface area contributed by atoms with Gasteiger partial charge < -0.3 is 5.32 Å². The van der Waals surface area contributed by atoms with E-state index in [2.05, 4.69) is 22.4 Å². The molecule has 0 radical (unpaired) electrons. The molecule has 2 heterocycles. The Morgan fingerprint density at radius 2 is 1.93 bits per heavy atom. The molecule has 2 aromatic carbocycles. The van der Waals surface area contributed by atoms with E-state index in [9.17, 15) is 13.2 Å². The largest absolute Gasteiger partial charge is 0.302 e. The van der Waals surface area contributed by atoms with E-state index in [1.807, 2.05) is 13.8 Å². The monoisotopic (exact) mass is 463 g/mol. The van der Waals surface area contributed by atoms with E-state index in [1.165, 1.54) is 27.8 Å². The van der Waals surface area contributed by atoms with Gasteiger partial charge in [-0.3, -0.25) is 4.79 Å². The van der Waals surface area contributed by atoms with Crippen LogP contribution >= 0.6 is 22.9 Å². The molecule has 1 amide bonds. The van der Waals surface area contributed by atoms with Crippen LogP contribution < -0.4 is 5.32 Å². The van der Waals surface area contributed by atoms with E-state index < -0.39 is 10.0 Å². The maximum atomic E-state index is 12.8. The zero-order valence-corrected chi connectivity index (χ0v) is 19.1. The molecule has 0 saturated carbocycles. The van der Waals surface area contributed by atoms with Crippen molar-refractivity contribution in [3.63, 3.8) is 0 Å². The number of hydrogen-bond donors (Lipinski definition) is 1. The Morgan fingerprint density at radius 3 is 2.63 bits per heavy atom. The normalized spacial score (nSPS) is 16.1. The Kier molecular flexibility index (Phi) is 5.85. The number of thiazole rings is 1. The van der Waals surface area contributed by atoms with Crippen molar-refractivity contribution in [1.29, 1.82) is 0 Å². The molecule has 6 nitrogen and oxygen atoms in total. The summed E-state index contributed by atoms with van der Waals surface area (Å²) in [5.74, 6) is -0.353. The topological polar surface area (TPSA) is 79.4 Å². The molecule has 158 valence electrons. The van der Waals surface area contributed by atoms with Gasteiger partial charge in [-0.15, -0.1) is 0 Å². The summed E-state index contributed by atoms with van der Waals surface area (Å²) < 4.78 is 28.1. The second-order valence-electron chi connectivity index (χ2n) is 7.57. The summed E-state index contributed by atoms with van der Waals surface area (Å²) in [7, 11) is -3.61. The van der Waals surface area contributed by atoms with Gasteiger partial charge >= 0.3 is 0 Å². The van der Waals surface area contributed by atoms with Crippen LogP contribution in [0.4, 0.5) is 5.13 Å². The van der Waals surface area contributed by atoms with Crippen LogP contribution in [0.25, 0.3) is 10.2 Å². The lowest BCUT2D eigenvalue weighted by atomic mass is 9.97. The summed E-state index contributed by atoms with van der Waals surface area (Å²) >= 11 is 7.40. The number of fused-ring (bicyclic) bond motifs is 1.